The second-order valence-corrected chi connectivity index (χ2v) is 5.70. The van der Waals surface area contributed by atoms with Crippen molar-refractivity contribution in [2.45, 2.75) is 45.8 Å². The van der Waals surface area contributed by atoms with Crippen molar-refractivity contribution in [1.82, 2.24) is 9.97 Å². The average molecular weight is 264 g/mol. The molecule has 1 aromatic rings. The predicted molar refractivity (Wildman–Crippen MR) is 77.8 cm³/mol. The van der Waals surface area contributed by atoms with E-state index in [0.29, 0.717) is 0 Å². The number of morpholine rings is 1. The fraction of sp³-hybridized carbons (Fsp3) is 0.714. The summed E-state index contributed by atoms with van der Waals surface area (Å²) in [5, 5.41) is 3.15. The molecule has 1 aliphatic rings. The van der Waals surface area contributed by atoms with E-state index in [-0.39, 0.29) is 11.7 Å². The number of rotatable bonds is 3. The van der Waals surface area contributed by atoms with Gasteiger partial charge < -0.3 is 15.0 Å². The molecule has 1 aromatic heterocycles. The van der Waals surface area contributed by atoms with Crippen molar-refractivity contribution in [2.24, 2.45) is 0 Å². The molecule has 0 spiro atoms. The van der Waals surface area contributed by atoms with Crippen LogP contribution in [-0.4, -0.2) is 41.8 Å². The number of nitrogens with zero attached hydrogens (tertiary/aromatic N) is 3. The van der Waals surface area contributed by atoms with Crippen LogP contribution in [-0.2, 0) is 11.2 Å². The van der Waals surface area contributed by atoms with Crippen LogP contribution >= 0.6 is 0 Å². The molecule has 2 heterocycles. The quantitative estimate of drug-likeness (QED) is 0.906. The van der Waals surface area contributed by atoms with Crippen molar-refractivity contribution in [1.29, 1.82) is 0 Å². The smallest absolute Gasteiger partial charge is 0.137 e. The molecule has 106 valence electrons. The summed E-state index contributed by atoms with van der Waals surface area (Å²) in [6.45, 7) is 10.2. The van der Waals surface area contributed by atoms with Crippen LogP contribution in [0.1, 0.15) is 33.3 Å². The maximum absolute atomic E-state index is 5.95. The highest BCUT2D eigenvalue weighted by Gasteiger charge is 2.33. The van der Waals surface area contributed by atoms with Crippen LogP contribution in [0.15, 0.2) is 6.33 Å². The molecule has 5 heteroatoms. The fourth-order valence-electron chi connectivity index (χ4n) is 2.83. The summed E-state index contributed by atoms with van der Waals surface area (Å²) in [6.07, 6.45) is 2.76. The number of nitrogens with one attached hydrogen (secondary N) is 1. The lowest BCUT2D eigenvalue weighted by Crippen LogP contribution is -2.52. The Labute approximate surface area is 115 Å². The monoisotopic (exact) mass is 264 g/mol. The minimum Gasteiger partial charge on any atom is -0.373 e. The molecular formula is C14H24N4O. The first-order valence-corrected chi connectivity index (χ1v) is 6.91. The van der Waals surface area contributed by atoms with Crippen LogP contribution in [0, 0.1) is 0 Å². The number of ether oxygens (including phenoxy) is 1. The van der Waals surface area contributed by atoms with Crippen molar-refractivity contribution in [3.63, 3.8) is 0 Å². The normalized spacial score (nSPS) is 22.4. The molecule has 0 saturated carbocycles. The first-order valence-electron chi connectivity index (χ1n) is 6.91. The second kappa shape index (κ2) is 5.33. The molecule has 1 saturated heterocycles. The summed E-state index contributed by atoms with van der Waals surface area (Å²) in [5.41, 5.74) is 1.03. The van der Waals surface area contributed by atoms with Gasteiger partial charge in [0.05, 0.1) is 11.7 Å². The van der Waals surface area contributed by atoms with E-state index < -0.39 is 0 Å². The Morgan fingerprint density at radius 3 is 2.79 bits per heavy atom. The van der Waals surface area contributed by atoms with Crippen LogP contribution in [0.25, 0.3) is 0 Å². The Bertz CT molecular complexity index is 447. The minimum absolute atomic E-state index is 0.145. The van der Waals surface area contributed by atoms with Gasteiger partial charge in [0, 0.05) is 25.7 Å². The van der Waals surface area contributed by atoms with Gasteiger partial charge >= 0.3 is 0 Å². The topological polar surface area (TPSA) is 50.3 Å². The van der Waals surface area contributed by atoms with E-state index in [1.165, 1.54) is 5.56 Å². The van der Waals surface area contributed by atoms with E-state index >= 15 is 0 Å². The molecule has 0 aliphatic carbocycles. The molecule has 19 heavy (non-hydrogen) atoms. The molecule has 1 aliphatic heterocycles. The third-order valence-corrected chi connectivity index (χ3v) is 3.38. The Balaban J connectivity index is 2.35. The average Bonchev–Trinajstić information content (AvgIpc) is 2.35. The number of anilines is 2. The van der Waals surface area contributed by atoms with Crippen LogP contribution in [0.4, 0.5) is 11.6 Å². The molecule has 5 nitrogen and oxygen atoms in total. The van der Waals surface area contributed by atoms with Crippen LogP contribution in [0.2, 0.25) is 0 Å². The molecule has 0 amide bonds. The summed E-state index contributed by atoms with van der Waals surface area (Å²) in [5.74, 6) is 1.95. The van der Waals surface area contributed by atoms with E-state index in [1.54, 1.807) is 6.33 Å². The third kappa shape index (κ3) is 2.97. The number of hydrogen-bond donors (Lipinski definition) is 1. The molecule has 1 N–H and O–H groups in total. The van der Waals surface area contributed by atoms with Crippen molar-refractivity contribution in [2.75, 3.05) is 30.4 Å². The first-order chi connectivity index (χ1) is 8.96. The molecule has 0 radical (unpaired) electrons. The predicted octanol–water partition coefficient (Wildman–Crippen LogP) is 2.08. The maximum Gasteiger partial charge on any atom is 0.137 e. The molecule has 1 unspecified atom stereocenters. The van der Waals surface area contributed by atoms with Gasteiger partial charge in [0.2, 0.25) is 0 Å². The van der Waals surface area contributed by atoms with Crippen LogP contribution in [0.3, 0.4) is 0 Å². The summed E-state index contributed by atoms with van der Waals surface area (Å²) in [4.78, 5) is 11.1. The SMILES string of the molecule is CCc1c(NC)ncnc1N1CC(C)OC(C)(C)C1. The lowest BCUT2D eigenvalue weighted by Gasteiger charge is -2.42. The first kappa shape index (κ1) is 14.1. The van der Waals surface area contributed by atoms with E-state index in [4.69, 9.17) is 4.74 Å². The zero-order chi connectivity index (χ0) is 14.0. The van der Waals surface area contributed by atoms with E-state index in [0.717, 1.165) is 31.1 Å². The Morgan fingerprint density at radius 2 is 2.21 bits per heavy atom. The van der Waals surface area contributed by atoms with Gasteiger partial charge in [-0.15, -0.1) is 0 Å². The Kier molecular flexibility index (Phi) is 3.94. The molecule has 0 bridgehead atoms. The Hall–Kier alpha value is -1.36. The highest BCUT2D eigenvalue weighted by atomic mass is 16.5. The van der Waals surface area contributed by atoms with Gasteiger partial charge in [0.25, 0.3) is 0 Å². The van der Waals surface area contributed by atoms with E-state index in [1.807, 2.05) is 7.05 Å². The Morgan fingerprint density at radius 1 is 1.47 bits per heavy atom. The summed E-state index contributed by atoms with van der Waals surface area (Å²) in [6, 6.07) is 0. The molecule has 0 aromatic carbocycles. The second-order valence-electron chi connectivity index (χ2n) is 5.70. The van der Waals surface area contributed by atoms with Crippen LogP contribution in [0.5, 0.6) is 0 Å². The van der Waals surface area contributed by atoms with E-state index in [2.05, 4.69) is 47.9 Å². The number of hydrogen-bond acceptors (Lipinski definition) is 5. The molecular weight excluding hydrogens is 240 g/mol. The highest BCUT2D eigenvalue weighted by Crippen LogP contribution is 2.29. The van der Waals surface area contributed by atoms with Crippen LogP contribution < -0.4 is 10.2 Å². The van der Waals surface area contributed by atoms with Gasteiger partial charge in [-0.1, -0.05) is 6.92 Å². The summed E-state index contributed by atoms with van der Waals surface area (Å²) in [7, 11) is 1.90. The minimum atomic E-state index is -0.145. The van der Waals surface area contributed by atoms with Crippen molar-refractivity contribution < 1.29 is 4.74 Å². The molecule has 2 rings (SSSR count). The summed E-state index contributed by atoms with van der Waals surface area (Å²) < 4.78 is 5.95. The molecule has 1 atom stereocenters. The lowest BCUT2D eigenvalue weighted by molar-refractivity contribution is -0.0752. The van der Waals surface area contributed by atoms with Gasteiger partial charge in [0.15, 0.2) is 0 Å². The zero-order valence-electron chi connectivity index (χ0n) is 12.5. The number of aromatic nitrogens is 2. The van der Waals surface area contributed by atoms with Crippen molar-refractivity contribution in [3.8, 4) is 0 Å². The maximum atomic E-state index is 5.95. The lowest BCUT2D eigenvalue weighted by atomic mass is 10.0. The van der Waals surface area contributed by atoms with Gasteiger partial charge in [-0.3, -0.25) is 0 Å². The fourth-order valence-corrected chi connectivity index (χ4v) is 2.83. The largest absolute Gasteiger partial charge is 0.373 e. The van der Waals surface area contributed by atoms with E-state index in [9.17, 15) is 0 Å². The standard InChI is InChI=1S/C14H24N4O/c1-6-11-12(15-5)16-9-17-13(11)18-7-10(2)19-14(3,4)8-18/h9-10H,6-8H2,1-5H3,(H,15,16,17). The van der Waals surface area contributed by atoms with Crippen molar-refractivity contribution >= 4 is 11.6 Å². The van der Waals surface area contributed by atoms with Gasteiger partial charge in [-0.2, -0.15) is 0 Å². The molecule has 1 fully saturated rings. The van der Waals surface area contributed by atoms with Gasteiger partial charge in [-0.25, -0.2) is 9.97 Å². The highest BCUT2D eigenvalue weighted by molar-refractivity contribution is 5.59. The van der Waals surface area contributed by atoms with Gasteiger partial charge in [0.1, 0.15) is 18.0 Å². The van der Waals surface area contributed by atoms with Crippen molar-refractivity contribution in [3.05, 3.63) is 11.9 Å². The zero-order valence-corrected chi connectivity index (χ0v) is 12.5. The summed E-state index contributed by atoms with van der Waals surface area (Å²) >= 11 is 0. The third-order valence-electron chi connectivity index (χ3n) is 3.38. The van der Waals surface area contributed by atoms with Gasteiger partial charge in [-0.05, 0) is 27.2 Å².